The summed E-state index contributed by atoms with van der Waals surface area (Å²) in [7, 11) is 4.82. The molecule has 0 saturated carbocycles. The van der Waals surface area contributed by atoms with E-state index in [0.29, 0.717) is 17.2 Å². The first-order chi connectivity index (χ1) is 7.81. The summed E-state index contributed by atoms with van der Waals surface area (Å²) in [5.74, 6) is 1.96. The van der Waals surface area contributed by atoms with Crippen LogP contribution in [0.1, 0.15) is 0 Å². The number of fused-ring (bicyclic) bond motifs is 1. The molecule has 0 spiro atoms. The van der Waals surface area contributed by atoms with E-state index in [1.807, 2.05) is 24.3 Å². The molecule has 0 amide bonds. The van der Waals surface area contributed by atoms with Gasteiger partial charge in [-0.2, -0.15) is 0 Å². The minimum Gasteiger partial charge on any atom is -0.493 e. The topological polar surface area (TPSA) is 27.7 Å². The summed E-state index contributed by atoms with van der Waals surface area (Å²) in [6.45, 7) is 0. The predicted octanol–water partition coefficient (Wildman–Crippen LogP) is 2.67. The molecule has 0 aliphatic heterocycles. The van der Waals surface area contributed by atoms with Gasteiger partial charge in [-0.25, -0.2) is 0 Å². The van der Waals surface area contributed by atoms with Crippen LogP contribution in [0.5, 0.6) is 17.2 Å². The number of benzene rings is 2. The van der Waals surface area contributed by atoms with E-state index < -0.39 is 0 Å². The SMILES string of the molecule is COc1cc2c[c]ccc2c(OC)c1OC. The van der Waals surface area contributed by atoms with Crippen LogP contribution < -0.4 is 14.2 Å². The van der Waals surface area contributed by atoms with Crippen LogP contribution in [0.3, 0.4) is 0 Å². The second-order valence-electron chi connectivity index (χ2n) is 3.29. The normalized spacial score (nSPS) is 10.2. The van der Waals surface area contributed by atoms with Crippen molar-refractivity contribution in [2.45, 2.75) is 0 Å². The summed E-state index contributed by atoms with van der Waals surface area (Å²) >= 11 is 0. The molecular weight excluding hydrogens is 204 g/mol. The molecule has 0 fully saturated rings. The molecule has 3 nitrogen and oxygen atoms in total. The Hall–Kier alpha value is -1.90. The molecule has 2 aromatic rings. The van der Waals surface area contributed by atoms with E-state index in [1.165, 1.54) is 0 Å². The van der Waals surface area contributed by atoms with Gasteiger partial charge in [-0.1, -0.05) is 6.07 Å². The van der Waals surface area contributed by atoms with E-state index in [-0.39, 0.29) is 0 Å². The maximum absolute atomic E-state index is 5.37. The molecule has 0 aliphatic carbocycles. The van der Waals surface area contributed by atoms with Crippen LogP contribution in [0.15, 0.2) is 24.3 Å². The van der Waals surface area contributed by atoms with Crippen molar-refractivity contribution in [3.8, 4) is 17.2 Å². The van der Waals surface area contributed by atoms with E-state index in [1.54, 1.807) is 21.3 Å². The van der Waals surface area contributed by atoms with Crippen molar-refractivity contribution in [2.24, 2.45) is 0 Å². The monoisotopic (exact) mass is 217 g/mol. The second kappa shape index (κ2) is 4.31. The van der Waals surface area contributed by atoms with Gasteiger partial charge in [-0.3, -0.25) is 0 Å². The lowest BCUT2D eigenvalue weighted by Gasteiger charge is -2.14. The number of ether oxygens (including phenoxy) is 3. The maximum Gasteiger partial charge on any atom is 0.203 e. The van der Waals surface area contributed by atoms with Crippen LogP contribution in [0.2, 0.25) is 0 Å². The van der Waals surface area contributed by atoms with Crippen LogP contribution in [0.25, 0.3) is 10.8 Å². The fourth-order valence-corrected chi connectivity index (χ4v) is 1.76. The summed E-state index contributed by atoms with van der Waals surface area (Å²) in [6.07, 6.45) is 0. The smallest absolute Gasteiger partial charge is 0.203 e. The van der Waals surface area contributed by atoms with Crippen molar-refractivity contribution in [2.75, 3.05) is 21.3 Å². The van der Waals surface area contributed by atoms with Gasteiger partial charge in [0.15, 0.2) is 11.5 Å². The van der Waals surface area contributed by atoms with Crippen LogP contribution >= 0.6 is 0 Å². The van der Waals surface area contributed by atoms with E-state index in [9.17, 15) is 0 Å². The molecule has 2 rings (SSSR count). The molecule has 83 valence electrons. The van der Waals surface area contributed by atoms with Gasteiger partial charge in [0.05, 0.1) is 21.3 Å². The van der Waals surface area contributed by atoms with Gasteiger partial charge in [0.25, 0.3) is 0 Å². The first kappa shape index (κ1) is 10.6. The minimum absolute atomic E-state index is 0.615. The van der Waals surface area contributed by atoms with Crippen molar-refractivity contribution in [3.05, 3.63) is 30.3 Å². The molecule has 0 heterocycles. The first-order valence-corrected chi connectivity index (χ1v) is 4.90. The fraction of sp³-hybridized carbons (Fsp3) is 0.231. The van der Waals surface area contributed by atoms with Gasteiger partial charge in [0.2, 0.25) is 5.75 Å². The third-order valence-corrected chi connectivity index (χ3v) is 2.49. The Bertz CT molecular complexity index is 506. The average molecular weight is 217 g/mol. The fourth-order valence-electron chi connectivity index (χ4n) is 1.76. The third-order valence-electron chi connectivity index (χ3n) is 2.49. The average Bonchev–Trinajstić information content (AvgIpc) is 2.36. The van der Waals surface area contributed by atoms with Crippen molar-refractivity contribution in [1.29, 1.82) is 0 Å². The molecule has 0 N–H and O–H groups in total. The van der Waals surface area contributed by atoms with Crippen molar-refractivity contribution in [3.63, 3.8) is 0 Å². The Morgan fingerprint density at radius 2 is 1.75 bits per heavy atom. The summed E-state index contributed by atoms with van der Waals surface area (Å²) in [6, 6.07) is 10.6. The molecule has 0 saturated heterocycles. The third kappa shape index (κ3) is 1.54. The maximum atomic E-state index is 5.37. The van der Waals surface area contributed by atoms with Crippen molar-refractivity contribution >= 4 is 10.8 Å². The predicted molar refractivity (Wildman–Crippen MR) is 62.4 cm³/mol. The van der Waals surface area contributed by atoms with Gasteiger partial charge in [-0.05, 0) is 29.7 Å². The zero-order chi connectivity index (χ0) is 11.5. The summed E-state index contributed by atoms with van der Waals surface area (Å²) in [5.41, 5.74) is 0. The molecule has 0 bridgehead atoms. The lowest BCUT2D eigenvalue weighted by Crippen LogP contribution is -1.95. The van der Waals surface area contributed by atoms with E-state index in [0.717, 1.165) is 10.8 Å². The summed E-state index contributed by atoms with van der Waals surface area (Å²) < 4.78 is 15.9. The largest absolute Gasteiger partial charge is 0.493 e. The lowest BCUT2D eigenvalue weighted by molar-refractivity contribution is 0.327. The van der Waals surface area contributed by atoms with E-state index in [4.69, 9.17) is 14.2 Å². The lowest BCUT2D eigenvalue weighted by atomic mass is 10.1. The Morgan fingerprint density at radius 3 is 2.38 bits per heavy atom. The number of hydrogen-bond acceptors (Lipinski definition) is 3. The molecular formula is C13H13O3. The molecule has 2 aromatic carbocycles. The summed E-state index contributed by atoms with van der Waals surface area (Å²) in [4.78, 5) is 0. The Morgan fingerprint density at radius 1 is 1.00 bits per heavy atom. The zero-order valence-electron chi connectivity index (χ0n) is 9.53. The molecule has 0 atom stereocenters. The number of hydrogen-bond donors (Lipinski definition) is 0. The summed E-state index contributed by atoms with van der Waals surface area (Å²) in [5, 5.41) is 2.00. The minimum atomic E-state index is 0.615. The van der Waals surface area contributed by atoms with Gasteiger partial charge in [0.1, 0.15) is 0 Å². The molecule has 0 aliphatic rings. The van der Waals surface area contributed by atoms with Crippen molar-refractivity contribution < 1.29 is 14.2 Å². The van der Waals surface area contributed by atoms with Crippen LogP contribution in [0.4, 0.5) is 0 Å². The number of rotatable bonds is 3. The first-order valence-electron chi connectivity index (χ1n) is 4.90. The standard InChI is InChI=1S/C13H13O3/c1-14-11-8-9-6-4-5-7-10(9)12(15-2)13(11)16-3/h5-8H,1-3H3. The molecule has 0 unspecified atom stereocenters. The molecule has 1 radical (unpaired) electrons. The highest BCUT2D eigenvalue weighted by molar-refractivity contribution is 5.92. The van der Waals surface area contributed by atoms with E-state index in [2.05, 4.69) is 6.07 Å². The highest BCUT2D eigenvalue weighted by Crippen LogP contribution is 2.42. The van der Waals surface area contributed by atoms with Crippen LogP contribution in [-0.2, 0) is 0 Å². The molecule has 16 heavy (non-hydrogen) atoms. The molecule has 0 aromatic heterocycles. The zero-order valence-corrected chi connectivity index (χ0v) is 9.53. The highest BCUT2D eigenvalue weighted by atomic mass is 16.5. The Kier molecular flexibility index (Phi) is 2.86. The Balaban J connectivity index is 2.82. The second-order valence-corrected chi connectivity index (χ2v) is 3.29. The van der Waals surface area contributed by atoms with Gasteiger partial charge >= 0.3 is 0 Å². The van der Waals surface area contributed by atoms with Gasteiger partial charge < -0.3 is 14.2 Å². The highest BCUT2D eigenvalue weighted by Gasteiger charge is 2.14. The number of methoxy groups -OCH3 is 3. The van der Waals surface area contributed by atoms with Crippen LogP contribution in [0, 0.1) is 6.07 Å². The van der Waals surface area contributed by atoms with E-state index >= 15 is 0 Å². The van der Waals surface area contributed by atoms with Crippen molar-refractivity contribution in [1.82, 2.24) is 0 Å². The molecule has 3 heteroatoms. The Labute approximate surface area is 94.5 Å². The van der Waals surface area contributed by atoms with Gasteiger partial charge in [-0.15, -0.1) is 0 Å². The van der Waals surface area contributed by atoms with Crippen LogP contribution in [-0.4, -0.2) is 21.3 Å². The quantitative estimate of drug-likeness (QED) is 0.791. The van der Waals surface area contributed by atoms with Gasteiger partial charge in [0, 0.05) is 5.39 Å².